The van der Waals surface area contributed by atoms with Crippen LogP contribution in [0.4, 0.5) is 0 Å². The van der Waals surface area contributed by atoms with Gasteiger partial charge in [0, 0.05) is 15.8 Å². The van der Waals surface area contributed by atoms with Gasteiger partial charge in [-0.25, -0.2) is 0 Å². The molecule has 0 spiro atoms. The van der Waals surface area contributed by atoms with Crippen LogP contribution in [0.1, 0.15) is 16.0 Å². The summed E-state index contributed by atoms with van der Waals surface area (Å²) in [4.78, 5) is 1.11. The van der Waals surface area contributed by atoms with Crippen LogP contribution in [0.15, 0.2) is 35.7 Å². The van der Waals surface area contributed by atoms with Gasteiger partial charge in [-0.3, -0.25) is 0 Å². The molecule has 2 rings (SSSR count). The lowest BCUT2D eigenvalue weighted by Crippen LogP contribution is -1.94. The Kier molecular flexibility index (Phi) is 4.99. The van der Waals surface area contributed by atoms with Crippen LogP contribution < -0.4 is 10.5 Å². The summed E-state index contributed by atoms with van der Waals surface area (Å²) in [5, 5.41) is 11.0. The van der Waals surface area contributed by atoms with Gasteiger partial charge in [0.25, 0.3) is 0 Å². The number of benzene rings is 1. The van der Waals surface area contributed by atoms with E-state index in [-0.39, 0.29) is 6.61 Å². The first-order valence-electron chi connectivity index (χ1n) is 5.91. The van der Waals surface area contributed by atoms with Crippen LogP contribution in [-0.4, -0.2) is 11.7 Å². The SMILES string of the molecule is NCC#Cc1csc(COc2cccc(CO)c2)c1. The Hall–Kier alpha value is -1.80. The van der Waals surface area contributed by atoms with Crippen LogP contribution in [0.2, 0.25) is 0 Å². The van der Waals surface area contributed by atoms with E-state index in [0.29, 0.717) is 13.2 Å². The summed E-state index contributed by atoms with van der Waals surface area (Å²) in [5.74, 6) is 6.57. The second-order valence-electron chi connectivity index (χ2n) is 3.90. The third-order valence-corrected chi connectivity index (χ3v) is 3.36. The maximum Gasteiger partial charge on any atom is 0.122 e. The normalized spacial score (nSPS) is 9.79. The van der Waals surface area contributed by atoms with Crippen molar-refractivity contribution in [2.24, 2.45) is 5.73 Å². The maximum atomic E-state index is 9.05. The number of aliphatic hydroxyl groups is 1. The molecule has 1 heterocycles. The van der Waals surface area contributed by atoms with Crippen molar-refractivity contribution in [1.82, 2.24) is 0 Å². The number of ether oxygens (including phenoxy) is 1. The molecule has 1 aromatic carbocycles. The molecule has 0 radical (unpaired) electrons. The highest BCUT2D eigenvalue weighted by molar-refractivity contribution is 7.10. The molecule has 0 atom stereocenters. The van der Waals surface area contributed by atoms with E-state index in [4.69, 9.17) is 15.6 Å². The molecule has 0 aliphatic carbocycles. The molecular weight excluding hydrogens is 258 g/mol. The number of thiophene rings is 1. The van der Waals surface area contributed by atoms with Crippen LogP contribution in [0.25, 0.3) is 0 Å². The first-order valence-corrected chi connectivity index (χ1v) is 6.78. The molecule has 2 aromatic rings. The van der Waals surface area contributed by atoms with Gasteiger partial charge in [0.15, 0.2) is 0 Å². The summed E-state index contributed by atoms with van der Waals surface area (Å²) in [6, 6.07) is 9.44. The highest BCUT2D eigenvalue weighted by atomic mass is 32.1. The van der Waals surface area contributed by atoms with E-state index in [1.807, 2.05) is 35.7 Å². The van der Waals surface area contributed by atoms with Gasteiger partial charge in [0.2, 0.25) is 0 Å². The Morgan fingerprint density at radius 2 is 2.21 bits per heavy atom. The van der Waals surface area contributed by atoms with E-state index >= 15 is 0 Å². The van der Waals surface area contributed by atoms with Crippen LogP contribution in [0.5, 0.6) is 5.75 Å². The summed E-state index contributed by atoms with van der Waals surface area (Å²) in [6.45, 7) is 0.897. The zero-order chi connectivity index (χ0) is 13.5. The van der Waals surface area contributed by atoms with Crippen molar-refractivity contribution >= 4 is 11.3 Å². The minimum absolute atomic E-state index is 0.0228. The zero-order valence-corrected chi connectivity index (χ0v) is 11.2. The smallest absolute Gasteiger partial charge is 0.122 e. The molecule has 0 aliphatic heterocycles. The molecule has 1 aromatic heterocycles. The lowest BCUT2D eigenvalue weighted by Gasteiger charge is -2.05. The van der Waals surface area contributed by atoms with Gasteiger partial charge in [-0.2, -0.15) is 0 Å². The number of hydrogen-bond acceptors (Lipinski definition) is 4. The first-order chi connectivity index (χ1) is 9.31. The Labute approximate surface area is 116 Å². The van der Waals surface area contributed by atoms with E-state index in [1.165, 1.54) is 0 Å². The second kappa shape index (κ2) is 6.95. The standard InChI is InChI=1S/C15H15NO2S/c16-6-2-4-13-8-15(19-11-13)10-18-14-5-1-3-12(7-14)9-17/h1,3,5,7-8,11,17H,6,9-10,16H2. The van der Waals surface area contributed by atoms with E-state index in [0.717, 1.165) is 21.8 Å². The molecule has 0 saturated carbocycles. The molecule has 0 amide bonds. The highest BCUT2D eigenvalue weighted by Crippen LogP contribution is 2.19. The molecule has 19 heavy (non-hydrogen) atoms. The van der Waals surface area contributed by atoms with Gasteiger partial charge in [-0.1, -0.05) is 24.0 Å². The summed E-state index contributed by atoms with van der Waals surface area (Å²) in [5.41, 5.74) is 7.15. The Bertz CT molecular complexity index is 595. The zero-order valence-electron chi connectivity index (χ0n) is 10.4. The van der Waals surface area contributed by atoms with Gasteiger partial charge in [-0.15, -0.1) is 11.3 Å². The Morgan fingerprint density at radius 3 is 3.00 bits per heavy atom. The van der Waals surface area contributed by atoms with Crippen LogP contribution in [0.3, 0.4) is 0 Å². The molecule has 0 unspecified atom stereocenters. The fourth-order valence-electron chi connectivity index (χ4n) is 1.56. The topological polar surface area (TPSA) is 55.5 Å². The number of hydrogen-bond donors (Lipinski definition) is 2. The number of nitrogens with two attached hydrogens (primary N) is 1. The fourth-order valence-corrected chi connectivity index (χ4v) is 2.29. The second-order valence-corrected chi connectivity index (χ2v) is 4.90. The van der Waals surface area contributed by atoms with Gasteiger partial charge in [0.1, 0.15) is 12.4 Å². The first kappa shape index (κ1) is 13.6. The summed E-state index contributed by atoms with van der Waals surface area (Å²) in [7, 11) is 0. The number of rotatable bonds is 4. The summed E-state index contributed by atoms with van der Waals surface area (Å²) < 4.78 is 5.68. The van der Waals surface area contributed by atoms with Gasteiger partial charge in [0.05, 0.1) is 13.2 Å². The highest BCUT2D eigenvalue weighted by Gasteiger charge is 2.00. The van der Waals surface area contributed by atoms with Gasteiger partial charge < -0.3 is 15.6 Å². The van der Waals surface area contributed by atoms with E-state index in [9.17, 15) is 0 Å². The van der Waals surface area contributed by atoms with Crippen molar-refractivity contribution in [3.63, 3.8) is 0 Å². The maximum absolute atomic E-state index is 9.05. The third kappa shape index (κ3) is 4.11. The quantitative estimate of drug-likeness (QED) is 0.839. The molecule has 3 nitrogen and oxygen atoms in total. The van der Waals surface area contributed by atoms with Crippen LogP contribution in [-0.2, 0) is 13.2 Å². The summed E-state index contributed by atoms with van der Waals surface area (Å²) in [6.07, 6.45) is 0. The Balaban J connectivity index is 1.96. The van der Waals surface area contributed by atoms with Crippen molar-refractivity contribution in [2.45, 2.75) is 13.2 Å². The van der Waals surface area contributed by atoms with Crippen molar-refractivity contribution in [2.75, 3.05) is 6.54 Å². The molecule has 3 N–H and O–H groups in total. The van der Waals surface area contributed by atoms with Gasteiger partial charge in [-0.05, 0) is 23.8 Å². The third-order valence-electron chi connectivity index (χ3n) is 2.45. The molecule has 0 saturated heterocycles. The van der Waals surface area contributed by atoms with E-state index in [1.54, 1.807) is 11.3 Å². The van der Waals surface area contributed by atoms with Crippen molar-refractivity contribution in [3.05, 3.63) is 51.7 Å². The molecular formula is C15H15NO2S. The van der Waals surface area contributed by atoms with E-state index < -0.39 is 0 Å². The monoisotopic (exact) mass is 273 g/mol. The molecule has 0 fully saturated rings. The van der Waals surface area contributed by atoms with Crippen molar-refractivity contribution < 1.29 is 9.84 Å². The van der Waals surface area contributed by atoms with Crippen molar-refractivity contribution in [1.29, 1.82) is 0 Å². The predicted octanol–water partition coefficient (Wildman–Crippen LogP) is 2.13. The lowest BCUT2D eigenvalue weighted by molar-refractivity contribution is 0.278. The summed E-state index contributed by atoms with van der Waals surface area (Å²) >= 11 is 1.61. The molecule has 4 heteroatoms. The van der Waals surface area contributed by atoms with Crippen LogP contribution in [0, 0.1) is 11.8 Å². The minimum atomic E-state index is 0.0228. The molecule has 98 valence electrons. The van der Waals surface area contributed by atoms with Crippen LogP contribution >= 0.6 is 11.3 Å². The molecule has 0 aliphatic rings. The molecule has 0 bridgehead atoms. The lowest BCUT2D eigenvalue weighted by atomic mass is 10.2. The number of aliphatic hydroxyl groups excluding tert-OH is 1. The predicted molar refractivity (Wildman–Crippen MR) is 76.9 cm³/mol. The average Bonchev–Trinajstić information content (AvgIpc) is 2.91. The fraction of sp³-hybridized carbons (Fsp3) is 0.200. The average molecular weight is 273 g/mol. The largest absolute Gasteiger partial charge is 0.488 e. The van der Waals surface area contributed by atoms with Crippen molar-refractivity contribution in [3.8, 4) is 17.6 Å². The Morgan fingerprint density at radius 1 is 1.32 bits per heavy atom. The van der Waals surface area contributed by atoms with E-state index in [2.05, 4.69) is 11.8 Å². The van der Waals surface area contributed by atoms with Gasteiger partial charge >= 0.3 is 0 Å². The minimum Gasteiger partial charge on any atom is -0.488 e.